The minimum absolute atomic E-state index is 0.0790. The van der Waals surface area contributed by atoms with E-state index in [-0.39, 0.29) is 11.8 Å². The summed E-state index contributed by atoms with van der Waals surface area (Å²) in [5.74, 6) is 0.798. The molecule has 5 nitrogen and oxygen atoms in total. The molecule has 1 heterocycles. The standard InChI is InChI=1S/C27H31F3N4O/c1-2-3-17-35-24-12-8-7-11-23(24)33-25-22(27(28,29)30)18-31-26(34-25)32-21-15-13-20(14-16-21)19-9-5-4-6-10-19/h7-8,11-16,18-19H,2-6,9-10,17H2,1H3,(H2,31,32,33,34). The van der Waals surface area contributed by atoms with Gasteiger partial charge in [0.25, 0.3) is 0 Å². The second-order valence-electron chi connectivity index (χ2n) is 8.86. The lowest BCUT2D eigenvalue weighted by Crippen LogP contribution is -2.13. The fourth-order valence-corrected chi connectivity index (χ4v) is 4.30. The zero-order valence-electron chi connectivity index (χ0n) is 19.9. The van der Waals surface area contributed by atoms with E-state index in [0.717, 1.165) is 24.7 Å². The zero-order valence-corrected chi connectivity index (χ0v) is 19.9. The van der Waals surface area contributed by atoms with Gasteiger partial charge in [0.15, 0.2) is 0 Å². The first-order valence-corrected chi connectivity index (χ1v) is 12.2. The molecule has 35 heavy (non-hydrogen) atoms. The number of hydrogen-bond donors (Lipinski definition) is 2. The zero-order chi connectivity index (χ0) is 24.7. The van der Waals surface area contributed by atoms with E-state index in [4.69, 9.17) is 4.74 Å². The molecule has 0 unspecified atom stereocenters. The minimum atomic E-state index is -4.61. The molecule has 0 amide bonds. The molecule has 0 saturated heterocycles. The predicted octanol–water partition coefficient (Wildman–Crippen LogP) is 8.21. The topological polar surface area (TPSA) is 59.1 Å². The number of nitrogens with zero attached hydrogens (tertiary/aromatic N) is 2. The van der Waals surface area contributed by atoms with Gasteiger partial charge in [0.05, 0.1) is 12.3 Å². The van der Waals surface area contributed by atoms with Gasteiger partial charge in [0.1, 0.15) is 17.1 Å². The van der Waals surface area contributed by atoms with Crippen molar-refractivity contribution in [3.63, 3.8) is 0 Å². The van der Waals surface area contributed by atoms with Crippen molar-refractivity contribution in [1.29, 1.82) is 0 Å². The van der Waals surface area contributed by atoms with Crippen LogP contribution in [0.1, 0.15) is 68.9 Å². The van der Waals surface area contributed by atoms with Crippen molar-refractivity contribution in [3.05, 3.63) is 65.9 Å². The minimum Gasteiger partial charge on any atom is -0.491 e. The van der Waals surface area contributed by atoms with Crippen LogP contribution in [-0.2, 0) is 6.18 Å². The summed E-state index contributed by atoms with van der Waals surface area (Å²) in [5, 5.41) is 5.85. The molecule has 0 atom stereocenters. The third-order valence-corrected chi connectivity index (χ3v) is 6.23. The van der Waals surface area contributed by atoms with Crippen LogP contribution in [0.15, 0.2) is 54.7 Å². The Hall–Kier alpha value is -3.29. The van der Waals surface area contributed by atoms with Crippen molar-refractivity contribution >= 4 is 23.1 Å². The fourth-order valence-electron chi connectivity index (χ4n) is 4.30. The van der Waals surface area contributed by atoms with E-state index in [0.29, 0.717) is 24.0 Å². The van der Waals surface area contributed by atoms with E-state index in [1.807, 2.05) is 19.1 Å². The second kappa shape index (κ2) is 11.4. The Balaban J connectivity index is 1.55. The smallest absolute Gasteiger partial charge is 0.421 e. The maximum Gasteiger partial charge on any atom is 0.421 e. The molecular weight excluding hydrogens is 453 g/mol. The number of para-hydroxylation sites is 2. The number of alkyl halides is 3. The lowest BCUT2D eigenvalue weighted by Gasteiger charge is -2.22. The Morgan fingerprint density at radius 2 is 1.71 bits per heavy atom. The molecule has 4 rings (SSSR count). The van der Waals surface area contributed by atoms with Gasteiger partial charge in [-0.2, -0.15) is 18.2 Å². The van der Waals surface area contributed by atoms with E-state index in [1.54, 1.807) is 24.3 Å². The molecule has 0 radical (unpaired) electrons. The van der Waals surface area contributed by atoms with Gasteiger partial charge in [-0.25, -0.2) is 4.98 Å². The molecule has 1 aromatic heterocycles. The molecule has 0 aliphatic heterocycles. The molecule has 1 fully saturated rings. The van der Waals surface area contributed by atoms with Crippen LogP contribution < -0.4 is 15.4 Å². The second-order valence-corrected chi connectivity index (χ2v) is 8.86. The monoisotopic (exact) mass is 484 g/mol. The van der Waals surface area contributed by atoms with Gasteiger partial charge >= 0.3 is 6.18 Å². The van der Waals surface area contributed by atoms with Crippen LogP contribution in [0.2, 0.25) is 0 Å². The van der Waals surface area contributed by atoms with E-state index in [9.17, 15) is 13.2 Å². The number of rotatable bonds is 9. The predicted molar refractivity (Wildman–Crippen MR) is 133 cm³/mol. The van der Waals surface area contributed by atoms with Gasteiger partial charge in [0, 0.05) is 11.9 Å². The number of anilines is 4. The number of hydrogen-bond acceptors (Lipinski definition) is 5. The summed E-state index contributed by atoms with van der Waals surface area (Å²) < 4.78 is 46.9. The highest BCUT2D eigenvalue weighted by atomic mass is 19.4. The third-order valence-electron chi connectivity index (χ3n) is 6.23. The van der Waals surface area contributed by atoms with Gasteiger partial charge in [0.2, 0.25) is 5.95 Å². The van der Waals surface area contributed by atoms with E-state index < -0.39 is 11.7 Å². The molecule has 1 aliphatic carbocycles. The number of nitrogens with one attached hydrogen (secondary N) is 2. The highest BCUT2D eigenvalue weighted by Gasteiger charge is 2.35. The van der Waals surface area contributed by atoms with Crippen molar-refractivity contribution in [2.45, 2.75) is 64.0 Å². The van der Waals surface area contributed by atoms with Gasteiger partial charge in [-0.3, -0.25) is 0 Å². The van der Waals surface area contributed by atoms with Crippen LogP contribution in [0.4, 0.5) is 36.3 Å². The molecule has 3 aromatic rings. The fraction of sp³-hybridized carbons (Fsp3) is 0.407. The van der Waals surface area contributed by atoms with Crippen molar-refractivity contribution in [2.75, 3.05) is 17.2 Å². The molecule has 0 bridgehead atoms. The van der Waals surface area contributed by atoms with Crippen LogP contribution in [0.3, 0.4) is 0 Å². The molecule has 1 aliphatic rings. The van der Waals surface area contributed by atoms with E-state index >= 15 is 0 Å². The van der Waals surface area contributed by atoms with Crippen LogP contribution in [-0.4, -0.2) is 16.6 Å². The lowest BCUT2D eigenvalue weighted by molar-refractivity contribution is -0.137. The van der Waals surface area contributed by atoms with E-state index in [1.165, 1.54) is 37.7 Å². The maximum absolute atomic E-state index is 13.7. The van der Waals surface area contributed by atoms with Gasteiger partial charge in [-0.05, 0) is 55.0 Å². The molecule has 186 valence electrons. The van der Waals surface area contributed by atoms with Crippen LogP contribution in [0, 0.1) is 0 Å². The maximum atomic E-state index is 13.7. The number of benzene rings is 2. The third kappa shape index (κ3) is 6.65. The van der Waals surface area contributed by atoms with Crippen molar-refractivity contribution in [1.82, 2.24) is 9.97 Å². The lowest BCUT2D eigenvalue weighted by atomic mass is 9.84. The molecule has 0 spiro atoms. The van der Waals surface area contributed by atoms with Crippen molar-refractivity contribution in [3.8, 4) is 5.75 Å². The molecule has 8 heteroatoms. The summed E-state index contributed by atoms with van der Waals surface area (Å²) in [6, 6.07) is 14.9. The molecule has 2 N–H and O–H groups in total. The Morgan fingerprint density at radius 1 is 0.971 bits per heavy atom. The van der Waals surface area contributed by atoms with Crippen molar-refractivity contribution < 1.29 is 17.9 Å². The summed E-state index contributed by atoms with van der Waals surface area (Å²) in [5.41, 5.74) is 1.49. The number of unbranched alkanes of at least 4 members (excludes halogenated alkanes) is 1. The van der Waals surface area contributed by atoms with Crippen LogP contribution in [0.5, 0.6) is 5.75 Å². The normalized spacial score (nSPS) is 14.5. The van der Waals surface area contributed by atoms with E-state index in [2.05, 4.69) is 32.7 Å². The average Bonchev–Trinajstić information content (AvgIpc) is 2.86. The SMILES string of the molecule is CCCCOc1ccccc1Nc1nc(Nc2ccc(C3CCCCC3)cc2)ncc1C(F)(F)F. The van der Waals surface area contributed by atoms with Crippen molar-refractivity contribution in [2.24, 2.45) is 0 Å². The van der Waals surface area contributed by atoms with Crippen LogP contribution in [0.25, 0.3) is 0 Å². The number of aromatic nitrogens is 2. The Morgan fingerprint density at radius 3 is 2.43 bits per heavy atom. The number of ether oxygens (including phenoxy) is 1. The quantitative estimate of drug-likeness (QED) is 0.300. The van der Waals surface area contributed by atoms with Crippen LogP contribution >= 0.6 is 0 Å². The molecule has 1 saturated carbocycles. The first-order chi connectivity index (χ1) is 16.9. The highest BCUT2D eigenvalue weighted by molar-refractivity contribution is 5.67. The Kier molecular flexibility index (Phi) is 8.10. The highest BCUT2D eigenvalue weighted by Crippen LogP contribution is 2.37. The van der Waals surface area contributed by atoms with Gasteiger partial charge < -0.3 is 15.4 Å². The van der Waals surface area contributed by atoms with Gasteiger partial charge in [-0.15, -0.1) is 0 Å². The number of halogens is 3. The molecular formula is C27H31F3N4O. The first-order valence-electron chi connectivity index (χ1n) is 12.2. The summed E-state index contributed by atoms with van der Waals surface area (Å²) in [7, 11) is 0. The summed E-state index contributed by atoms with van der Waals surface area (Å²) in [4.78, 5) is 8.10. The Labute approximate surface area is 204 Å². The largest absolute Gasteiger partial charge is 0.491 e. The Bertz CT molecular complexity index is 1100. The summed E-state index contributed by atoms with van der Waals surface area (Å²) >= 11 is 0. The molecule has 2 aromatic carbocycles. The summed E-state index contributed by atoms with van der Waals surface area (Å²) in [6.07, 6.45) is 4.21. The summed E-state index contributed by atoms with van der Waals surface area (Å²) in [6.45, 7) is 2.52. The average molecular weight is 485 g/mol. The van der Waals surface area contributed by atoms with Gasteiger partial charge in [-0.1, -0.05) is 56.9 Å². The first kappa shape index (κ1) is 24.8.